The third-order valence-corrected chi connectivity index (χ3v) is 4.96. The van der Waals surface area contributed by atoms with Crippen LogP contribution in [0.4, 0.5) is 0 Å². The number of nitrogens with zero attached hydrogens (tertiary/aromatic N) is 1. The minimum Gasteiger partial charge on any atom is -0.493 e. The minimum absolute atomic E-state index is 0.152. The van der Waals surface area contributed by atoms with Gasteiger partial charge in [-0.25, -0.2) is 4.79 Å². The summed E-state index contributed by atoms with van der Waals surface area (Å²) in [4.78, 5) is 26.0. The SMILES string of the molecule is O=C(O)[C@H]1Cc2ccccc2CN1C(=O)Cc1ccc2c(c1)CCO2. The fraction of sp³-hybridized carbons (Fsp3) is 0.300. The molecule has 0 aromatic heterocycles. The Bertz CT molecular complexity index is 845. The van der Waals surface area contributed by atoms with E-state index in [-0.39, 0.29) is 12.3 Å². The molecule has 0 fully saturated rings. The predicted octanol–water partition coefficient (Wildman–Crippen LogP) is 2.20. The molecule has 0 bridgehead atoms. The molecule has 2 heterocycles. The van der Waals surface area contributed by atoms with E-state index in [9.17, 15) is 14.7 Å². The molecule has 0 saturated carbocycles. The normalized spacial score (nSPS) is 18.2. The topological polar surface area (TPSA) is 66.8 Å². The average Bonchev–Trinajstić information content (AvgIpc) is 3.08. The lowest BCUT2D eigenvalue weighted by Gasteiger charge is -2.34. The Kier molecular flexibility index (Phi) is 3.92. The summed E-state index contributed by atoms with van der Waals surface area (Å²) in [6.45, 7) is 1.02. The van der Waals surface area contributed by atoms with E-state index in [0.717, 1.165) is 34.4 Å². The molecule has 0 unspecified atom stereocenters. The summed E-state index contributed by atoms with van der Waals surface area (Å²) in [5, 5.41) is 9.57. The first-order valence-electron chi connectivity index (χ1n) is 8.45. The van der Waals surface area contributed by atoms with E-state index in [0.29, 0.717) is 19.6 Å². The summed E-state index contributed by atoms with van der Waals surface area (Å²) in [6, 6.07) is 12.7. The molecule has 0 aliphatic carbocycles. The lowest BCUT2D eigenvalue weighted by molar-refractivity contribution is -0.151. The van der Waals surface area contributed by atoms with Crippen LogP contribution < -0.4 is 4.74 Å². The Morgan fingerprint density at radius 2 is 1.92 bits per heavy atom. The van der Waals surface area contributed by atoms with E-state index in [4.69, 9.17) is 4.74 Å². The number of hydrogen-bond acceptors (Lipinski definition) is 3. The summed E-state index contributed by atoms with van der Waals surface area (Å²) >= 11 is 0. The molecule has 25 heavy (non-hydrogen) atoms. The van der Waals surface area contributed by atoms with Gasteiger partial charge in [0.1, 0.15) is 11.8 Å². The maximum absolute atomic E-state index is 12.8. The zero-order valence-corrected chi connectivity index (χ0v) is 13.8. The van der Waals surface area contributed by atoms with Crippen molar-refractivity contribution in [2.45, 2.75) is 31.8 Å². The summed E-state index contributed by atoms with van der Waals surface area (Å²) in [5.74, 6) is -0.225. The molecule has 1 N–H and O–H groups in total. The number of carbonyl (C=O) groups is 2. The highest BCUT2D eigenvalue weighted by atomic mass is 16.5. The Morgan fingerprint density at radius 3 is 2.72 bits per heavy atom. The van der Waals surface area contributed by atoms with Gasteiger partial charge in [0.05, 0.1) is 13.0 Å². The molecule has 5 heteroatoms. The van der Waals surface area contributed by atoms with Gasteiger partial charge in [-0.3, -0.25) is 4.79 Å². The molecular weight excluding hydrogens is 318 g/mol. The van der Waals surface area contributed by atoms with Crippen LogP contribution in [0, 0.1) is 0 Å². The smallest absolute Gasteiger partial charge is 0.326 e. The van der Waals surface area contributed by atoms with Gasteiger partial charge in [-0.1, -0.05) is 36.4 Å². The van der Waals surface area contributed by atoms with Gasteiger partial charge in [0.2, 0.25) is 5.91 Å². The van der Waals surface area contributed by atoms with Gasteiger partial charge in [-0.15, -0.1) is 0 Å². The molecule has 1 atom stereocenters. The fourth-order valence-electron chi connectivity index (χ4n) is 3.63. The molecule has 2 aliphatic rings. The summed E-state index contributed by atoms with van der Waals surface area (Å²) in [7, 11) is 0. The molecule has 5 nitrogen and oxygen atoms in total. The Morgan fingerprint density at radius 1 is 1.12 bits per heavy atom. The molecule has 0 radical (unpaired) electrons. The molecular formula is C20H19NO4. The zero-order chi connectivity index (χ0) is 17.4. The van der Waals surface area contributed by atoms with Gasteiger partial charge < -0.3 is 14.7 Å². The van der Waals surface area contributed by atoms with Crippen LogP contribution >= 0.6 is 0 Å². The standard InChI is InChI=1S/C20H19NO4/c22-19(10-13-5-6-18-15(9-13)7-8-25-18)21-12-16-4-2-1-3-14(16)11-17(21)20(23)24/h1-6,9,17H,7-8,10-12H2,(H,23,24)/t17-/m1/s1. The summed E-state index contributed by atoms with van der Waals surface area (Å²) in [5.41, 5.74) is 4.05. The third kappa shape index (κ3) is 2.97. The minimum atomic E-state index is -0.954. The van der Waals surface area contributed by atoms with Gasteiger partial charge in [0.25, 0.3) is 0 Å². The van der Waals surface area contributed by atoms with Crippen molar-refractivity contribution in [2.24, 2.45) is 0 Å². The van der Waals surface area contributed by atoms with Crippen LogP contribution in [0.3, 0.4) is 0 Å². The quantitative estimate of drug-likeness (QED) is 0.932. The molecule has 2 aromatic carbocycles. The molecule has 2 aliphatic heterocycles. The highest BCUT2D eigenvalue weighted by molar-refractivity contribution is 5.86. The van der Waals surface area contributed by atoms with E-state index in [1.165, 1.54) is 4.90 Å². The van der Waals surface area contributed by atoms with E-state index >= 15 is 0 Å². The second-order valence-electron chi connectivity index (χ2n) is 6.57. The fourth-order valence-corrected chi connectivity index (χ4v) is 3.63. The Balaban J connectivity index is 1.56. The monoisotopic (exact) mass is 337 g/mol. The van der Waals surface area contributed by atoms with Crippen molar-refractivity contribution in [2.75, 3.05) is 6.61 Å². The molecule has 128 valence electrons. The van der Waals surface area contributed by atoms with E-state index in [1.807, 2.05) is 42.5 Å². The number of carboxylic acids is 1. The number of rotatable bonds is 3. The van der Waals surface area contributed by atoms with Crippen LogP contribution in [0.25, 0.3) is 0 Å². The van der Waals surface area contributed by atoms with Crippen LogP contribution in [0.2, 0.25) is 0 Å². The van der Waals surface area contributed by atoms with Crippen LogP contribution in [-0.2, 0) is 35.4 Å². The van der Waals surface area contributed by atoms with Crippen LogP contribution in [0.5, 0.6) is 5.75 Å². The maximum Gasteiger partial charge on any atom is 0.326 e. The number of carboxylic acid groups (broad SMARTS) is 1. The molecule has 0 saturated heterocycles. The first kappa shape index (κ1) is 15.7. The lowest BCUT2D eigenvalue weighted by Crippen LogP contribution is -2.49. The Labute approximate surface area is 145 Å². The van der Waals surface area contributed by atoms with Crippen molar-refractivity contribution < 1.29 is 19.4 Å². The number of hydrogen-bond donors (Lipinski definition) is 1. The average molecular weight is 337 g/mol. The number of amides is 1. The van der Waals surface area contributed by atoms with Gasteiger partial charge in [-0.2, -0.15) is 0 Å². The van der Waals surface area contributed by atoms with Crippen LogP contribution in [0.1, 0.15) is 22.3 Å². The van der Waals surface area contributed by atoms with E-state index in [2.05, 4.69) is 0 Å². The number of fused-ring (bicyclic) bond motifs is 2. The lowest BCUT2D eigenvalue weighted by atomic mass is 9.93. The van der Waals surface area contributed by atoms with Crippen LogP contribution in [0.15, 0.2) is 42.5 Å². The van der Waals surface area contributed by atoms with Crippen molar-refractivity contribution in [3.05, 3.63) is 64.7 Å². The predicted molar refractivity (Wildman–Crippen MR) is 91.5 cm³/mol. The van der Waals surface area contributed by atoms with Gasteiger partial charge in [-0.05, 0) is 28.3 Å². The largest absolute Gasteiger partial charge is 0.493 e. The molecule has 2 aromatic rings. The van der Waals surface area contributed by atoms with Gasteiger partial charge in [0.15, 0.2) is 0 Å². The van der Waals surface area contributed by atoms with Crippen LogP contribution in [-0.4, -0.2) is 34.5 Å². The molecule has 4 rings (SSSR count). The number of benzene rings is 2. The van der Waals surface area contributed by atoms with Gasteiger partial charge >= 0.3 is 5.97 Å². The second kappa shape index (κ2) is 6.24. The van der Waals surface area contributed by atoms with Crippen molar-refractivity contribution in [3.8, 4) is 5.75 Å². The zero-order valence-electron chi connectivity index (χ0n) is 13.8. The van der Waals surface area contributed by atoms with Crippen molar-refractivity contribution in [3.63, 3.8) is 0 Å². The number of ether oxygens (including phenoxy) is 1. The Hall–Kier alpha value is -2.82. The van der Waals surface area contributed by atoms with Crippen molar-refractivity contribution in [1.82, 2.24) is 4.90 Å². The molecule has 1 amide bonds. The maximum atomic E-state index is 12.8. The summed E-state index contributed by atoms with van der Waals surface area (Å²) in [6.07, 6.45) is 1.42. The first-order chi connectivity index (χ1) is 12.1. The number of carbonyl (C=O) groups excluding carboxylic acids is 1. The third-order valence-electron chi connectivity index (χ3n) is 4.96. The number of aliphatic carboxylic acids is 1. The molecule has 0 spiro atoms. The van der Waals surface area contributed by atoms with Crippen molar-refractivity contribution >= 4 is 11.9 Å². The summed E-state index contributed by atoms with van der Waals surface area (Å²) < 4.78 is 5.49. The van der Waals surface area contributed by atoms with E-state index < -0.39 is 12.0 Å². The van der Waals surface area contributed by atoms with Gasteiger partial charge in [0, 0.05) is 19.4 Å². The van der Waals surface area contributed by atoms with Crippen molar-refractivity contribution in [1.29, 1.82) is 0 Å². The highest BCUT2D eigenvalue weighted by Gasteiger charge is 2.34. The second-order valence-corrected chi connectivity index (χ2v) is 6.57. The first-order valence-corrected chi connectivity index (χ1v) is 8.45. The highest BCUT2D eigenvalue weighted by Crippen LogP contribution is 2.27. The van der Waals surface area contributed by atoms with E-state index in [1.54, 1.807) is 0 Å².